The molecular weight excluding hydrogens is 482 g/mol. The second-order valence-corrected chi connectivity index (χ2v) is 11.8. The highest BCUT2D eigenvalue weighted by atomic mass is 16.5. The monoisotopic (exact) mass is 531 g/mol. The van der Waals surface area contributed by atoms with Crippen LogP contribution in [0.4, 0.5) is 5.82 Å². The fraction of sp³-hybridized carbons (Fsp3) is 0.767. The van der Waals surface area contributed by atoms with E-state index in [1.54, 1.807) is 18.2 Å². The van der Waals surface area contributed by atoms with Crippen LogP contribution in [0.5, 0.6) is 5.75 Å². The van der Waals surface area contributed by atoms with Crippen LogP contribution >= 0.6 is 0 Å². The van der Waals surface area contributed by atoms with Crippen LogP contribution in [0, 0.1) is 23.7 Å². The number of rotatable bonds is 15. The van der Waals surface area contributed by atoms with E-state index in [1.807, 2.05) is 13.0 Å². The molecule has 3 rings (SSSR count). The number of aliphatic hydroxyl groups is 1. The molecule has 1 aromatic heterocycles. The van der Waals surface area contributed by atoms with Crippen molar-refractivity contribution in [3.05, 3.63) is 17.8 Å². The first-order valence-corrected chi connectivity index (χ1v) is 14.5. The second kappa shape index (κ2) is 14.4. The van der Waals surface area contributed by atoms with Gasteiger partial charge in [0.15, 0.2) is 0 Å². The number of methoxy groups -OCH3 is 1. The molecule has 1 aromatic rings. The number of pyridine rings is 1. The number of carbonyl (C=O) groups is 2. The Kier molecular flexibility index (Phi) is 11.5. The third-order valence-electron chi connectivity index (χ3n) is 7.80. The number of hydrogen-bond donors (Lipinski definition) is 2. The number of nitrogens with one attached hydrogen (secondary N) is 1. The van der Waals surface area contributed by atoms with Crippen molar-refractivity contribution >= 4 is 17.5 Å². The van der Waals surface area contributed by atoms with Crippen LogP contribution in [0.15, 0.2) is 12.3 Å². The lowest BCUT2D eigenvalue weighted by Crippen LogP contribution is -2.56. The van der Waals surface area contributed by atoms with Gasteiger partial charge in [-0.05, 0) is 56.8 Å². The predicted octanol–water partition coefficient (Wildman–Crippen LogP) is 4.34. The Morgan fingerprint density at radius 1 is 1.18 bits per heavy atom. The Morgan fingerprint density at radius 2 is 1.89 bits per heavy atom. The number of carbonyl (C=O) groups excluding carboxylic acids is 2. The fourth-order valence-electron chi connectivity index (χ4n) is 5.60. The minimum absolute atomic E-state index is 0.0289. The molecule has 1 saturated heterocycles. The number of amides is 1. The molecular formula is C30H49N3O5. The lowest BCUT2D eigenvalue weighted by molar-refractivity contribution is -0.135. The first-order chi connectivity index (χ1) is 18.2. The molecule has 0 bridgehead atoms. The third kappa shape index (κ3) is 7.99. The van der Waals surface area contributed by atoms with Gasteiger partial charge in [-0.25, -0.2) is 4.98 Å². The van der Waals surface area contributed by atoms with Crippen molar-refractivity contribution in [1.29, 1.82) is 0 Å². The van der Waals surface area contributed by atoms with Crippen molar-refractivity contribution in [1.82, 2.24) is 10.3 Å². The number of piperidine rings is 1. The van der Waals surface area contributed by atoms with Gasteiger partial charge in [0.2, 0.25) is 5.91 Å². The molecule has 2 aliphatic rings. The normalized spacial score (nSPS) is 22.5. The SMILES string of the molecule is CCOCC(CCCC(=O)[C@@H]1CNC[C@H](C(=O)N(c2cc(OC)c(C(C)C)cn2)C2CC2)[C@@H]1O)CC(C)C. The number of hydrogen-bond acceptors (Lipinski definition) is 7. The van der Waals surface area contributed by atoms with Gasteiger partial charge in [0.1, 0.15) is 17.4 Å². The largest absolute Gasteiger partial charge is 0.496 e. The molecule has 0 spiro atoms. The van der Waals surface area contributed by atoms with E-state index in [1.165, 1.54) is 0 Å². The van der Waals surface area contributed by atoms with Gasteiger partial charge in [-0.2, -0.15) is 0 Å². The minimum atomic E-state index is -1.01. The van der Waals surface area contributed by atoms with E-state index in [9.17, 15) is 14.7 Å². The van der Waals surface area contributed by atoms with Crippen LogP contribution in [0.2, 0.25) is 0 Å². The molecule has 0 aromatic carbocycles. The topological polar surface area (TPSA) is 101 Å². The average molecular weight is 532 g/mol. The van der Waals surface area contributed by atoms with Crippen LogP contribution in [-0.2, 0) is 14.3 Å². The summed E-state index contributed by atoms with van der Waals surface area (Å²) in [5.41, 5.74) is 0.987. The van der Waals surface area contributed by atoms with E-state index in [0.717, 1.165) is 44.3 Å². The van der Waals surface area contributed by atoms with Gasteiger partial charge < -0.3 is 19.9 Å². The summed E-state index contributed by atoms with van der Waals surface area (Å²) in [5, 5.41) is 14.5. The molecule has 2 heterocycles. The molecule has 4 atom stereocenters. The van der Waals surface area contributed by atoms with E-state index < -0.39 is 17.9 Å². The van der Waals surface area contributed by atoms with Crippen LogP contribution in [0.25, 0.3) is 0 Å². The molecule has 8 heteroatoms. The summed E-state index contributed by atoms with van der Waals surface area (Å²) in [7, 11) is 1.63. The van der Waals surface area contributed by atoms with Crippen molar-refractivity contribution in [2.24, 2.45) is 23.7 Å². The summed E-state index contributed by atoms with van der Waals surface area (Å²) in [6, 6.07) is 1.89. The molecule has 0 radical (unpaired) electrons. The first-order valence-electron chi connectivity index (χ1n) is 14.5. The minimum Gasteiger partial charge on any atom is -0.496 e. The molecule has 1 aliphatic heterocycles. The van der Waals surface area contributed by atoms with Crippen LogP contribution in [0.3, 0.4) is 0 Å². The van der Waals surface area contributed by atoms with E-state index in [0.29, 0.717) is 49.5 Å². The molecule has 1 unspecified atom stereocenters. The van der Waals surface area contributed by atoms with E-state index in [2.05, 4.69) is 38.0 Å². The zero-order valence-electron chi connectivity index (χ0n) is 24.2. The van der Waals surface area contributed by atoms with Crippen LogP contribution < -0.4 is 15.0 Å². The zero-order chi connectivity index (χ0) is 27.8. The number of aromatic nitrogens is 1. The van der Waals surface area contributed by atoms with Gasteiger partial charge in [-0.1, -0.05) is 27.7 Å². The lowest BCUT2D eigenvalue weighted by Gasteiger charge is -2.36. The van der Waals surface area contributed by atoms with E-state index >= 15 is 0 Å². The summed E-state index contributed by atoms with van der Waals surface area (Å²) in [6.07, 6.45) is 5.76. The number of ether oxygens (including phenoxy) is 2. The quantitative estimate of drug-likeness (QED) is 0.347. The Bertz CT molecular complexity index is 917. The second-order valence-electron chi connectivity index (χ2n) is 11.8. The number of Topliss-reactive ketones (excluding diaryl/α,β-unsaturated/α-hetero) is 1. The van der Waals surface area contributed by atoms with Gasteiger partial charge in [-0.15, -0.1) is 0 Å². The molecule has 1 amide bonds. The Hall–Kier alpha value is -2.03. The summed E-state index contributed by atoms with van der Waals surface area (Å²) in [5.74, 6) is 1.09. The van der Waals surface area contributed by atoms with E-state index in [-0.39, 0.29) is 23.7 Å². The molecule has 1 aliphatic carbocycles. The summed E-state index contributed by atoms with van der Waals surface area (Å²) < 4.78 is 11.3. The van der Waals surface area contributed by atoms with Gasteiger partial charge in [-0.3, -0.25) is 14.5 Å². The maximum absolute atomic E-state index is 13.8. The molecule has 214 valence electrons. The van der Waals surface area contributed by atoms with Crippen molar-refractivity contribution in [3.63, 3.8) is 0 Å². The van der Waals surface area contributed by atoms with Crippen LogP contribution in [-0.4, -0.2) is 67.3 Å². The van der Waals surface area contributed by atoms with Crippen molar-refractivity contribution in [3.8, 4) is 5.75 Å². The fourth-order valence-corrected chi connectivity index (χ4v) is 5.60. The smallest absolute Gasteiger partial charge is 0.235 e. The first kappa shape index (κ1) is 30.5. The van der Waals surface area contributed by atoms with Crippen molar-refractivity contribution < 1.29 is 24.2 Å². The summed E-state index contributed by atoms with van der Waals surface area (Å²) in [6.45, 7) is 12.7. The standard InChI is InChI=1S/C30H49N3O5/c1-7-38-18-21(13-19(2)3)9-8-10-26(34)24-15-31-16-25(29(24)35)30(36)33(22-11-12-22)28-14-27(37-6)23(17-32-28)20(4)5/h14,17,19-22,24-25,29,31,35H,7-13,15-16,18H2,1-6H3/t21?,24-,25-,29+/m0/s1. The van der Waals surface area contributed by atoms with Crippen LogP contribution in [0.1, 0.15) is 84.6 Å². The molecule has 2 fully saturated rings. The summed E-state index contributed by atoms with van der Waals surface area (Å²) >= 11 is 0. The third-order valence-corrected chi connectivity index (χ3v) is 7.80. The number of nitrogens with zero attached hydrogens (tertiary/aromatic N) is 2. The number of anilines is 1. The maximum Gasteiger partial charge on any atom is 0.235 e. The molecule has 38 heavy (non-hydrogen) atoms. The highest BCUT2D eigenvalue weighted by Gasteiger charge is 2.45. The molecule has 1 saturated carbocycles. The maximum atomic E-state index is 13.8. The summed E-state index contributed by atoms with van der Waals surface area (Å²) in [4.78, 5) is 33.3. The highest BCUT2D eigenvalue weighted by Crippen LogP contribution is 2.37. The lowest BCUT2D eigenvalue weighted by atomic mass is 9.81. The highest BCUT2D eigenvalue weighted by molar-refractivity contribution is 5.96. The van der Waals surface area contributed by atoms with Gasteiger partial charge in [0, 0.05) is 56.6 Å². The average Bonchev–Trinajstić information content (AvgIpc) is 3.71. The Labute approximate surface area is 228 Å². The van der Waals surface area contributed by atoms with Gasteiger partial charge in [0.05, 0.1) is 25.0 Å². The molecule has 2 N–H and O–H groups in total. The Morgan fingerprint density at radius 3 is 2.50 bits per heavy atom. The van der Waals surface area contributed by atoms with Crippen molar-refractivity contribution in [2.45, 2.75) is 91.2 Å². The molecule has 8 nitrogen and oxygen atoms in total. The Balaban J connectivity index is 1.66. The number of ketones is 1. The van der Waals surface area contributed by atoms with Crippen molar-refractivity contribution in [2.75, 3.05) is 38.3 Å². The number of aliphatic hydroxyl groups excluding tert-OH is 1. The van der Waals surface area contributed by atoms with E-state index in [4.69, 9.17) is 9.47 Å². The van der Waals surface area contributed by atoms with Gasteiger partial charge in [0.25, 0.3) is 0 Å². The predicted molar refractivity (Wildman–Crippen MR) is 150 cm³/mol. The van der Waals surface area contributed by atoms with Gasteiger partial charge >= 0.3 is 0 Å². The zero-order valence-corrected chi connectivity index (χ0v) is 24.2.